The number of benzene rings is 1. The number of piperidine rings is 1. The summed E-state index contributed by atoms with van der Waals surface area (Å²) in [6.07, 6.45) is 5.94. The molecule has 2 heterocycles. The Morgan fingerprint density at radius 1 is 1.17 bits per heavy atom. The average molecular weight is 403 g/mol. The SMILES string of the molecule is O=C(Cc1cccc(F)c1)NCC1CN(C2CCN(C3CCC3)CC2)C(=O)CO1. The maximum Gasteiger partial charge on any atom is 0.248 e. The summed E-state index contributed by atoms with van der Waals surface area (Å²) in [7, 11) is 0. The summed E-state index contributed by atoms with van der Waals surface area (Å²) in [4.78, 5) is 29.1. The fourth-order valence-corrected chi connectivity index (χ4v) is 4.56. The number of ether oxygens (including phenoxy) is 1. The van der Waals surface area contributed by atoms with Crippen LogP contribution in [0.1, 0.15) is 37.7 Å². The van der Waals surface area contributed by atoms with Gasteiger partial charge in [-0.1, -0.05) is 18.6 Å². The molecule has 0 radical (unpaired) electrons. The largest absolute Gasteiger partial charge is 0.365 e. The molecule has 0 spiro atoms. The Balaban J connectivity index is 1.23. The Morgan fingerprint density at radius 2 is 1.97 bits per heavy atom. The van der Waals surface area contributed by atoms with E-state index in [0.717, 1.165) is 32.0 Å². The van der Waals surface area contributed by atoms with Gasteiger partial charge in [0.1, 0.15) is 12.4 Å². The molecule has 1 unspecified atom stereocenters. The van der Waals surface area contributed by atoms with Crippen LogP contribution in [0.5, 0.6) is 0 Å². The smallest absolute Gasteiger partial charge is 0.248 e. The Kier molecular flexibility index (Phi) is 6.45. The first kappa shape index (κ1) is 20.3. The number of hydrogen-bond donors (Lipinski definition) is 1. The van der Waals surface area contributed by atoms with E-state index in [2.05, 4.69) is 10.2 Å². The summed E-state index contributed by atoms with van der Waals surface area (Å²) >= 11 is 0. The third kappa shape index (κ3) is 5.14. The molecule has 2 aliphatic heterocycles. The lowest BCUT2D eigenvalue weighted by Crippen LogP contribution is -2.57. The molecule has 1 aliphatic carbocycles. The van der Waals surface area contributed by atoms with Gasteiger partial charge in [0.25, 0.3) is 0 Å². The number of morpholine rings is 1. The maximum absolute atomic E-state index is 13.3. The van der Waals surface area contributed by atoms with Crippen molar-refractivity contribution in [1.82, 2.24) is 15.1 Å². The number of amides is 2. The summed E-state index contributed by atoms with van der Waals surface area (Å²) < 4.78 is 18.9. The lowest BCUT2D eigenvalue weighted by atomic mass is 9.89. The van der Waals surface area contributed by atoms with Crippen LogP contribution < -0.4 is 5.32 Å². The van der Waals surface area contributed by atoms with Crippen LogP contribution in [-0.2, 0) is 20.7 Å². The maximum atomic E-state index is 13.3. The van der Waals surface area contributed by atoms with Crippen molar-refractivity contribution in [3.8, 4) is 0 Å². The van der Waals surface area contributed by atoms with Gasteiger partial charge in [-0.25, -0.2) is 4.39 Å². The van der Waals surface area contributed by atoms with Crippen LogP contribution in [0, 0.1) is 5.82 Å². The molecule has 1 aromatic rings. The monoisotopic (exact) mass is 403 g/mol. The predicted molar refractivity (Wildman–Crippen MR) is 107 cm³/mol. The van der Waals surface area contributed by atoms with E-state index >= 15 is 0 Å². The van der Waals surface area contributed by atoms with Gasteiger partial charge in [0.15, 0.2) is 0 Å². The molecule has 158 valence electrons. The molecular formula is C22H30FN3O3. The number of carbonyl (C=O) groups is 2. The van der Waals surface area contributed by atoms with Crippen molar-refractivity contribution in [1.29, 1.82) is 0 Å². The molecule has 3 aliphatic rings. The van der Waals surface area contributed by atoms with E-state index in [0.29, 0.717) is 18.7 Å². The van der Waals surface area contributed by atoms with Crippen LogP contribution >= 0.6 is 0 Å². The lowest BCUT2D eigenvalue weighted by molar-refractivity contribution is -0.153. The topological polar surface area (TPSA) is 61.9 Å². The predicted octanol–water partition coefficient (Wildman–Crippen LogP) is 1.73. The van der Waals surface area contributed by atoms with E-state index in [1.807, 2.05) is 4.90 Å². The summed E-state index contributed by atoms with van der Waals surface area (Å²) in [6.45, 7) is 3.09. The number of hydrogen-bond acceptors (Lipinski definition) is 4. The third-order valence-electron chi connectivity index (χ3n) is 6.47. The third-order valence-corrected chi connectivity index (χ3v) is 6.47. The number of nitrogens with zero attached hydrogens (tertiary/aromatic N) is 2. The molecule has 29 heavy (non-hydrogen) atoms. The highest BCUT2D eigenvalue weighted by Gasteiger charge is 2.35. The molecule has 1 aromatic carbocycles. The Morgan fingerprint density at radius 3 is 2.66 bits per heavy atom. The van der Waals surface area contributed by atoms with Crippen molar-refractivity contribution in [2.24, 2.45) is 0 Å². The van der Waals surface area contributed by atoms with Gasteiger partial charge in [-0.05, 0) is 43.4 Å². The van der Waals surface area contributed by atoms with Gasteiger partial charge in [0.2, 0.25) is 11.8 Å². The Labute approximate surface area is 171 Å². The highest BCUT2D eigenvalue weighted by Crippen LogP contribution is 2.29. The highest BCUT2D eigenvalue weighted by molar-refractivity contribution is 5.79. The minimum absolute atomic E-state index is 0.0504. The van der Waals surface area contributed by atoms with Crippen molar-refractivity contribution in [3.05, 3.63) is 35.6 Å². The van der Waals surface area contributed by atoms with Crippen LogP contribution in [0.25, 0.3) is 0 Å². The number of likely N-dealkylation sites (tertiary alicyclic amines) is 1. The first-order chi connectivity index (χ1) is 14.1. The number of rotatable bonds is 6. The zero-order valence-electron chi connectivity index (χ0n) is 16.8. The van der Waals surface area contributed by atoms with Crippen LogP contribution in [0.3, 0.4) is 0 Å². The summed E-state index contributed by atoms with van der Waals surface area (Å²) in [5.74, 6) is -0.464. The van der Waals surface area contributed by atoms with Gasteiger partial charge in [-0.3, -0.25) is 9.59 Å². The van der Waals surface area contributed by atoms with E-state index in [1.54, 1.807) is 12.1 Å². The quantitative estimate of drug-likeness (QED) is 0.786. The van der Waals surface area contributed by atoms with E-state index in [9.17, 15) is 14.0 Å². The van der Waals surface area contributed by atoms with Crippen LogP contribution in [0.15, 0.2) is 24.3 Å². The van der Waals surface area contributed by atoms with Crippen molar-refractivity contribution >= 4 is 11.8 Å². The zero-order valence-corrected chi connectivity index (χ0v) is 16.8. The molecule has 3 fully saturated rings. The van der Waals surface area contributed by atoms with Gasteiger partial charge in [0, 0.05) is 38.3 Å². The molecular weight excluding hydrogens is 373 g/mol. The second-order valence-electron chi connectivity index (χ2n) is 8.44. The Bertz CT molecular complexity index is 732. The number of nitrogens with one attached hydrogen (secondary N) is 1. The molecule has 2 amide bonds. The second kappa shape index (κ2) is 9.22. The molecule has 6 nitrogen and oxygen atoms in total. The molecule has 0 aromatic heterocycles. The summed E-state index contributed by atoms with van der Waals surface area (Å²) in [5.41, 5.74) is 0.641. The lowest BCUT2D eigenvalue weighted by Gasteiger charge is -2.45. The van der Waals surface area contributed by atoms with Gasteiger partial charge in [-0.2, -0.15) is 0 Å². The molecule has 7 heteroatoms. The van der Waals surface area contributed by atoms with Crippen molar-refractivity contribution in [2.45, 2.75) is 56.7 Å². The fraction of sp³-hybridized carbons (Fsp3) is 0.636. The zero-order chi connectivity index (χ0) is 20.2. The minimum Gasteiger partial charge on any atom is -0.365 e. The van der Waals surface area contributed by atoms with Crippen LogP contribution in [0.4, 0.5) is 4.39 Å². The molecule has 1 atom stereocenters. The van der Waals surface area contributed by atoms with E-state index in [4.69, 9.17) is 4.74 Å². The fourth-order valence-electron chi connectivity index (χ4n) is 4.56. The summed E-state index contributed by atoms with van der Waals surface area (Å²) in [5, 5.41) is 2.86. The van der Waals surface area contributed by atoms with Gasteiger partial charge < -0.3 is 19.9 Å². The minimum atomic E-state index is -0.344. The van der Waals surface area contributed by atoms with Crippen molar-refractivity contribution in [2.75, 3.05) is 32.8 Å². The standard InChI is InChI=1S/C22H30FN3O3/c23-17-4-1-3-16(11-17)12-21(27)24-13-20-14-26(22(28)15-29-20)19-7-9-25(10-8-19)18-5-2-6-18/h1,3-4,11,18-20H,2,5-10,12-15H2,(H,24,27). The normalized spacial score (nSPS) is 24.4. The second-order valence-corrected chi connectivity index (χ2v) is 8.44. The average Bonchev–Trinajstić information content (AvgIpc) is 2.67. The molecule has 0 bridgehead atoms. The molecule has 1 saturated carbocycles. The van der Waals surface area contributed by atoms with E-state index in [1.165, 1.54) is 31.4 Å². The van der Waals surface area contributed by atoms with Crippen molar-refractivity contribution < 1.29 is 18.7 Å². The van der Waals surface area contributed by atoms with Crippen molar-refractivity contribution in [3.63, 3.8) is 0 Å². The number of halogens is 1. The van der Waals surface area contributed by atoms with E-state index < -0.39 is 0 Å². The highest BCUT2D eigenvalue weighted by atomic mass is 19.1. The van der Waals surface area contributed by atoms with Crippen LogP contribution in [0.2, 0.25) is 0 Å². The molecule has 1 N–H and O–H groups in total. The summed E-state index contributed by atoms with van der Waals surface area (Å²) in [6, 6.07) is 7.09. The van der Waals surface area contributed by atoms with E-state index in [-0.39, 0.29) is 42.8 Å². The van der Waals surface area contributed by atoms with Gasteiger partial charge in [0.05, 0.1) is 12.5 Å². The Hall–Kier alpha value is -1.99. The first-order valence-corrected chi connectivity index (χ1v) is 10.7. The molecule has 4 rings (SSSR count). The van der Waals surface area contributed by atoms with Gasteiger partial charge >= 0.3 is 0 Å². The first-order valence-electron chi connectivity index (χ1n) is 10.7. The molecule has 2 saturated heterocycles. The van der Waals surface area contributed by atoms with Gasteiger partial charge in [-0.15, -0.1) is 0 Å². The van der Waals surface area contributed by atoms with Crippen LogP contribution in [-0.4, -0.2) is 72.6 Å². The number of carbonyl (C=O) groups excluding carboxylic acids is 2.